The van der Waals surface area contributed by atoms with Crippen molar-refractivity contribution in [3.8, 4) is 5.75 Å². The summed E-state index contributed by atoms with van der Waals surface area (Å²) in [4.78, 5) is 14.2. The van der Waals surface area contributed by atoms with E-state index in [1.54, 1.807) is 6.07 Å². The van der Waals surface area contributed by atoms with Crippen molar-refractivity contribution in [2.24, 2.45) is 5.92 Å². The second-order valence-electron chi connectivity index (χ2n) is 4.74. The summed E-state index contributed by atoms with van der Waals surface area (Å²) in [7, 11) is 0. The molecule has 1 N–H and O–H groups in total. The van der Waals surface area contributed by atoms with Crippen molar-refractivity contribution >= 4 is 16.9 Å². The van der Waals surface area contributed by atoms with Crippen LogP contribution in [-0.4, -0.2) is 11.0 Å². The van der Waals surface area contributed by atoms with Gasteiger partial charge < -0.3 is 9.72 Å². The molecule has 0 aliphatic rings. The third kappa shape index (κ3) is 2.87. The zero-order chi connectivity index (χ0) is 12.4. The third-order valence-electron chi connectivity index (χ3n) is 2.54. The molecule has 0 bridgehead atoms. The van der Waals surface area contributed by atoms with Gasteiger partial charge in [0.15, 0.2) is 0 Å². The first-order valence-electron chi connectivity index (χ1n) is 5.84. The first-order chi connectivity index (χ1) is 8.04. The predicted octanol–water partition coefficient (Wildman–Crippen LogP) is 3.29. The van der Waals surface area contributed by atoms with Crippen LogP contribution in [0, 0.1) is 5.92 Å². The lowest BCUT2D eigenvalue weighted by atomic mass is 10.1. The van der Waals surface area contributed by atoms with Crippen molar-refractivity contribution in [2.75, 3.05) is 0 Å². The second kappa shape index (κ2) is 4.62. The van der Waals surface area contributed by atoms with Crippen LogP contribution in [0.3, 0.4) is 0 Å². The van der Waals surface area contributed by atoms with Crippen molar-refractivity contribution in [3.05, 3.63) is 30.0 Å². The van der Waals surface area contributed by atoms with E-state index in [4.69, 9.17) is 4.74 Å². The molecule has 90 valence electrons. The molecule has 1 heterocycles. The standard InChI is InChI=1S/C14H17NO2/c1-9(2)6-12-7-11-8-13(17-10(3)16)4-5-14(11)15-12/h4-5,7-9,15H,6H2,1-3H3. The minimum atomic E-state index is -0.290. The van der Waals surface area contributed by atoms with E-state index in [0.29, 0.717) is 11.7 Å². The number of esters is 1. The van der Waals surface area contributed by atoms with Crippen molar-refractivity contribution in [1.82, 2.24) is 4.98 Å². The molecule has 2 rings (SSSR count). The van der Waals surface area contributed by atoms with Crippen LogP contribution in [0.25, 0.3) is 10.9 Å². The van der Waals surface area contributed by atoms with Gasteiger partial charge in [0.1, 0.15) is 5.75 Å². The zero-order valence-electron chi connectivity index (χ0n) is 10.4. The van der Waals surface area contributed by atoms with Crippen LogP contribution >= 0.6 is 0 Å². The Bertz CT molecular complexity index is 540. The van der Waals surface area contributed by atoms with Crippen LogP contribution in [0.4, 0.5) is 0 Å². The molecule has 0 saturated carbocycles. The van der Waals surface area contributed by atoms with Crippen LogP contribution in [0.15, 0.2) is 24.3 Å². The number of hydrogen-bond acceptors (Lipinski definition) is 2. The van der Waals surface area contributed by atoms with Gasteiger partial charge in [-0.25, -0.2) is 0 Å². The molecule has 17 heavy (non-hydrogen) atoms. The number of aromatic nitrogens is 1. The highest BCUT2D eigenvalue weighted by molar-refractivity contribution is 5.83. The Balaban J connectivity index is 2.30. The molecule has 0 saturated heterocycles. The number of ether oxygens (including phenoxy) is 1. The van der Waals surface area contributed by atoms with Crippen molar-refractivity contribution < 1.29 is 9.53 Å². The number of rotatable bonds is 3. The normalized spacial score (nSPS) is 11.1. The Kier molecular flexibility index (Phi) is 3.18. The lowest BCUT2D eigenvalue weighted by Crippen LogP contribution is -2.00. The average Bonchev–Trinajstić information content (AvgIpc) is 2.56. The summed E-state index contributed by atoms with van der Waals surface area (Å²) in [5, 5.41) is 1.08. The fourth-order valence-electron chi connectivity index (χ4n) is 1.95. The zero-order valence-corrected chi connectivity index (χ0v) is 10.4. The van der Waals surface area contributed by atoms with E-state index in [0.717, 1.165) is 17.3 Å². The van der Waals surface area contributed by atoms with Gasteiger partial charge in [0, 0.05) is 23.5 Å². The monoisotopic (exact) mass is 231 g/mol. The Labute approximate surface area is 101 Å². The van der Waals surface area contributed by atoms with E-state index in [2.05, 4.69) is 24.9 Å². The molecule has 2 aromatic rings. The number of carbonyl (C=O) groups is 1. The van der Waals surface area contributed by atoms with Gasteiger partial charge in [-0.3, -0.25) is 4.79 Å². The van der Waals surface area contributed by atoms with Gasteiger partial charge in [-0.05, 0) is 36.6 Å². The molecule has 1 aromatic carbocycles. The number of fused-ring (bicyclic) bond motifs is 1. The van der Waals surface area contributed by atoms with Crippen molar-refractivity contribution in [2.45, 2.75) is 27.2 Å². The summed E-state index contributed by atoms with van der Waals surface area (Å²) in [5.41, 5.74) is 2.30. The topological polar surface area (TPSA) is 42.1 Å². The summed E-state index contributed by atoms with van der Waals surface area (Å²) < 4.78 is 5.06. The Morgan fingerprint density at radius 2 is 2.12 bits per heavy atom. The SMILES string of the molecule is CC(=O)Oc1ccc2[nH]c(CC(C)C)cc2c1. The molecule has 3 nitrogen and oxygen atoms in total. The highest BCUT2D eigenvalue weighted by Gasteiger charge is 2.05. The highest BCUT2D eigenvalue weighted by Crippen LogP contribution is 2.22. The molecule has 0 unspecified atom stereocenters. The van der Waals surface area contributed by atoms with Gasteiger partial charge in [0.2, 0.25) is 0 Å². The molecule has 1 aromatic heterocycles. The number of carbonyl (C=O) groups excluding carboxylic acids is 1. The molecule has 0 radical (unpaired) electrons. The maximum Gasteiger partial charge on any atom is 0.308 e. The molecular formula is C14H17NO2. The molecule has 0 atom stereocenters. The van der Waals surface area contributed by atoms with E-state index < -0.39 is 0 Å². The van der Waals surface area contributed by atoms with Crippen molar-refractivity contribution in [1.29, 1.82) is 0 Å². The van der Waals surface area contributed by atoms with E-state index in [1.807, 2.05) is 12.1 Å². The molecule has 3 heteroatoms. The second-order valence-corrected chi connectivity index (χ2v) is 4.74. The first-order valence-corrected chi connectivity index (χ1v) is 5.84. The minimum Gasteiger partial charge on any atom is -0.427 e. The summed E-state index contributed by atoms with van der Waals surface area (Å²) in [5.74, 6) is 0.929. The van der Waals surface area contributed by atoms with E-state index >= 15 is 0 Å². The fourth-order valence-corrected chi connectivity index (χ4v) is 1.95. The quantitative estimate of drug-likeness (QED) is 0.650. The number of hydrogen-bond donors (Lipinski definition) is 1. The highest BCUT2D eigenvalue weighted by atomic mass is 16.5. The summed E-state index contributed by atoms with van der Waals surface area (Å²) in [6.07, 6.45) is 1.03. The smallest absolute Gasteiger partial charge is 0.308 e. The lowest BCUT2D eigenvalue weighted by molar-refractivity contribution is -0.131. The first kappa shape index (κ1) is 11.7. The molecule has 0 amide bonds. The van der Waals surface area contributed by atoms with Gasteiger partial charge in [0.25, 0.3) is 0 Å². The van der Waals surface area contributed by atoms with Crippen LogP contribution in [0.2, 0.25) is 0 Å². The summed E-state index contributed by atoms with van der Waals surface area (Å²) >= 11 is 0. The Hall–Kier alpha value is -1.77. The fraction of sp³-hybridized carbons (Fsp3) is 0.357. The third-order valence-corrected chi connectivity index (χ3v) is 2.54. The molecular weight excluding hydrogens is 214 g/mol. The predicted molar refractivity (Wildman–Crippen MR) is 68.1 cm³/mol. The Morgan fingerprint density at radius 3 is 2.76 bits per heavy atom. The Morgan fingerprint density at radius 1 is 1.35 bits per heavy atom. The van der Waals surface area contributed by atoms with E-state index in [9.17, 15) is 4.79 Å². The number of aromatic amines is 1. The van der Waals surface area contributed by atoms with E-state index in [1.165, 1.54) is 12.6 Å². The maximum absolute atomic E-state index is 10.9. The molecule has 0 aliphatic carbocycles. The van der Waals surface area contributed by atoms with Gasteiger partial charge >= 0.3 is 5.97 Å². The van der Waals surface area contributed by atoms with Gasteiger partial charge in [-0.1, -0.05) is 13.8 Å². The average molecular weight is 231 g/mol. The lowest BCUT2D eigenvalue weighted by Gasteiger charge is -2.00. The van der Waals surface area contributed by atoms with Crippen LogP contribution in [0.5, 0.6) is 5.75 Å². The number of nitrogens with one attached hydrogen (secondary N) is 1. The number of H-pyrrole nitrogens is 1. The van der Waals surface area contributed by atoms with Crippen LogP contribution < -0.4 is 4.74 Å². The number of benzene rings is 1. The van der Waals surface area contributed by atoms with Crippen LogP contribution in [-0.2, 0) is 11.2 Å². The molecule has 0 aliphatic heterocycles. The van der Waals surface area contributed by atoms with Gasteiger partial charge in [-0.15, -0.1) is 0 Å². The van der Waals surface area contributed by atoms with Gasteiger partial charge in [-0.2, -0.15) is 0 Å². The minimum absolute atomic E-state index is 0.290. The largest absolute Gasteiger partial charge is 0.427 e. The summed E-state index contributed by atoms with van der Waals surface area (Å²) in [6.45, 7) is 5.79. The summed E-state index contributed by atoms with van der Waals surface area (Å²) in [6, 6.07) is 7.75. The van der Waals surface area contributed by atoms with Crippen LogP contribution in [0.1, 0.15) is 26.5 Å². The van der Waals surface area contributed by atoms with Crippen molar-refractivity contribution in [3.63, 3.8) is 0 Å². The van der Waals surface area contributed by atoms with Gasteiger partial charge in [0.05, 0.1) is 0 Å². The molecule has 0 fully saturated rings. The molecule has 0 spiro atoms. The van der Waals surface area contributed by atoms with E-state index in [-0.39, 0.29) is 5.97 Å². The maximum atomic E-state index is 10.9.